The van der Waals surface area contributed by atoms with Crippen molar-refractivity contribution in [3.63, 3.8) is 0 Å². The minimum absolute atomic E-state index is 0.0405. The minimum Gasteiger partial charge on any atom is -0.354 e. The SMILES string of the molecule is N=Cc1c(Nc2ccccc2)cnc(C(=O)Nc2ccc(Cl)cc2)c1Cl. The molecule has 1 aromatic heterocycles. The molecule has 2 aromatic carbocycles. The van der Waals surface area contributed by atoms with Crippen molar-refractivity contribution >= 4 is 52.4 Å². The van der Waals surface area contributed by atoms with Gasteiger partial charge in [-0.2, -0.15) is 0 Å². The van der Waals surface area contributed by atoms with Crippen LogP contribution in [0.2, 0.25) is 10.0 Å². The Kier molecular flexibility index (Phi) is 5.51. The van der Waals surface area contributed by atoms with Crippen LogP contribution >= 0.6 is 23.2 Å². The van der Waals surface area contributed by atoms with E-state index in [2.05, 4.69) is 15.6 Å². The van der Waals surface area contributed by atoms with Gasteiger partial charge in [-0.05, 0) is 36.4 Å². The number of aromatic nitrogens is 1. The Morgan fingerprint density at radius 2 is 1.69 bits per heavy atom. The highest BCUT2D eigenvalue weighted by Gasteiger charge is 2.18. The van der Waals surface area contributed by atoms with Crippen LogP contribution in [-0.4, -0.2) is 17.1 Å². The molecule has 0 atom stereocenters. The zero-order chi connectivity index (χ0) is 18.5. The molecule has 0 bridgehead atoms. The van der Waals surface area contributed by atoms with Gasteiger partial charge in [-0.15, -0.1) is 0 Å². The van der Waals surface area contributed by atoms with Gasteiger partial charge in [-0.25, -0.2) is 4.98 Å². The number of hydrogen-bond donors (Lipinski definition) is 3. The molecule has 3 aromatic rings. The zero-order valence-electron chi connectivity index (χ0n) is 13.5. The maximum Gasteiger partial charge on any atom is 0.275 e. The quantitative estimate of drug-likeness (QED) is 0.516. The maximum absolute atomic E-state index is 12.5. The summed E-state index contributed by atoms with van der Waals surface area (Å²) >= 11 is 12.2. The fourth-order valence-corrected chi connectivity index (χ4v) is 2.72. The van der Waals surface area contributed by atoms with E-state index in [9.17, 15) is 4.79 Å². The lowest BCUT2D eigenvalue weighted by molar-refractivity contribution is 0.102. The van der Waals surface area contributed by atoms with Gasteiger partial charge in [0, 0.05) is 28.2 Å². The number of carbonyl (C=O) groups excluding carboxylic acids is 1. The monoisotopic (exact) mass is 384 g/mol. The molecule has 1 heterocycles. The second-order valence-corrected chi connectivity index (χ2v) is 6.16. The molecular formula is C19H14Cl2N4O. The maximum atomic E-state index is 12.5. The number of carbonyl (C=O) groups is 1. The van der Waals surface area contributed by atoms with Crippen LogP contribution in [0.3, 0.4) is 0 Å². The lowest BCUT2D eigenvalue weighted by Crippen LogP contribution is -2.15. The molecule has 7 heteroatoms. The lowest BCUT2D eigenvalue weighted by atomic mass is 10.1. The number of amides is 1. The summed E-state index contributed by atoms with van der Waals surface area (Å²) in [5, 5.41) is 14.2. The molecule has 0 fully saturated rings. The van der Waals surface area contributed by atoms with Crippen molar-refractivity contribution in [2.45, 2.75) is 0 Å². The Labute approximate surface area is 160 Å². The van der Waals surface area contributed by atoms with Gasteiger partial charge in [-0.1, -0.05) is 41.4 Å². The highest BCUT2D eigenvalue weighted by molar-refractivity contribution is 6.37. The fourth-order valence-electron chi connectivity index (χ4n) is 2.30. The first kappa shape index (κ1) is 17.9. The van der Waals surface area contributed by atoms with Crippen molar-refractivity contribution in [2.24, 2.45) is 0 Å². The van der Waals surface area contributed by atoms with Crippen LogP contribution in [0.5, 0.6) is 0 Å². The van der Waals surface area contributed by atoms with Gasteiger partial charge >= 0.3 is 0 Å². The molecule has 0 aliphatic carbocycles. The van der Waals surface area contributed by atoms with Gasteiger partial charge in [-0.3, -0.25) is 4.79 Å². The van der Waals surface area contributed by atoms with Crippen molar-refractivity contribution in [3.05, 3.63) is 82.1 Å². The van der Waals surface area contributed by atoms with Crippen molar-refractivity contribution in [1.29, 1.82) is 5.41 Å². The third kappa shape index (κ3) is 4.02. The van der Waals surface area contributed by atoms with Gasteiger partial charge < -0.3 is 16.0 Å². The first-order valence-electron chi connectivity index (χ1n) is 7.66. The number of rotatable bonds is 5. The normalized spacial score (nSPS) is 10.2. The number of anilines is 3. The number of nitrogens with one attached hydrogen (secondary N) is 3. The molecule has 26 heavy (non-hydrogen) atoms. The standard InChI is InChI=1S/C19H14Cl2N4O/c20-12-6-8-14(9-7-12)25-19(26)18-17(21)15(10-22)16(11-23-18)24-13-4-2-1-3-5-13/h1-11,22,24H,(H,25,26). The van der Waals surface area contributed by atoms with Crippen molar-refractivity contribution in [2.75, 3.05) is 10.6 Å². The smallest absolute Gasteiger partial charge is 0.275 e. The lowest BCUT2D eigenvalue weighted by Gasteiger charge is -2.13. The van der Waals surface area contributed by atoms with Gasteiger partial charge in [0.2, 0.25) is 0 Å². The predicted octanol–water partition coefficient (Wildman–Crippen LogP) is 5.38. The summed E-state index contributed by atoms with van der Waals surface area (Å²) in [5.41, 5.74) is 2.36. The topological polar surface area (TPSA) is 77.9 Å². The third-order valence-corrected chi connectivity index (χ3v) is 4.21. The van der Waals surface area contributed by atoms with E-state index in [0.29, 0.717) is 22.0 Å². The Morgan fingerprint density at radius 1 is 1.00 bits per heavy atom. The number of pyridine rings is 1. The van der Waals surface area contributed by atoms with E-state index in [1.807, 2.05) is 30.3 Å². The number of hydrogen-bond acceptors (Lipinski definition) is 4. The summed E-state index contributed by atoms with van der Waals surface area (Å²) in [6.45, 7) is 0. The molecule has 3 N–H and O–H groups in total. The van der Waals surface area contributed by atoms with Crippen LogP contribution in [0.1, 0.15) is 16.1 Å². The Morgan fingerprint density at radius 3 is 2.35 bits per heavy atom. The summed E-state index contributed by atoms with van der Waals surface area (Å²) in [5.74, 6) is -0.466. The predicted molar refractivity (Wildman–Crippen MR) is 106 cm³/mol. The molecule has 0 aliphatic heterocycles. The Bertz CT molecular complexity index is 944. The number of halogens is 2. The van der Waals surface area contributed by atoms with Gasteiger partial charge in [0.05, 0.1) is 16.9 Å². The first-order valence-corrected chi connectivity index (χ1v) is 8.42. The minimum atomic E-state index is -0.466. The average molecular weight is 385 g/mol. The molecule has 0 saturated carbocycles. The van der Waals surface area contributed by atoms with Crippen LogP contribution in [0, 0.1) is 5.41 Å². The Balaban J connectivity index is 1.87. The summed E-state index contributed by atoms with van der Waals surface area (Å²) in [6, 6.07) is 16.1. The highest BCUT2D eigenvalue weighted by atomic mass is 35.5. The van der Waals surface area contributed by atoms with Gasteiger partial charge in [0.25, 0.3) is 5.91 Å². The number of nitrogens with zero attached hydrogens (tertiary/aromatic N) is 1. The van der Waals surface area contributed by atoms with E-state index in [1.54, 1.807) is 24.3 Å². The molecule has 1 amide bonds. The van der Waals surface area contributed by atoms with E-state index in [4.69, 9.17) is 28.6 Å². The number of para-hydroxylation sites is 1. The van der Waals surface area contributed by atoms with E-state index < -0.39 is 5.91 Å². The Hall–Kier alpha value is -2.89. The molecule has 0 saturated heterocycles. The van der Waals surface area contributed by atoms with Gasteiger partial charge in [0.15, 0.2) is 0 Å². The van der Waals surface area contributed by atoms with Crippen LogP contribution < -0.4 is 10.6 Å². The zero-order valence-corrected chi connectivity index (χ0v) is 15.0. The van der Waals surface area contributed by atoms with E-state index in [-0.39, 0.29) is 10.7 Å². The van der Waals surface area contributed by atoms with Crippen molar-refractivity contribution in [3.8, 4) is 0 Å². The van der Waals surface area contributed by atoms with Crippen molar-refractivity contribution in [1.82, 2.24) is 4.98 Å². The van der Waals surface area contributed by atoms with Crippen LogP contribution in [0.4, 0.5) is 17.1 Å². The molecule has 0 aliphatic rings. The fraction of sp³-hybridized carbons (Fsp3) is 0. The molecule has 5 nitrogen and oxygen atoms in total. The molecule has 3 rings (SSSR count). The number of benzene rings is 2. The van der Waals surface area contributed by atoms with E-state index >= 15 is 0 Å². The second-order valence-electron chi connectivity index (χ2n) is 5.34. The summed E-state index contributed by atoms with van der Waals surface area (Å²) < 4.78 is 0. The highest BCUT2D eigenvalue weighted by Crippen LogP contribution is 2.28. The molecule has 0 radical (unpaired) electrons. The third-order valence-electron chi connectivity index (χ3n) is 3.57. The van der Waals surface area contributed by atoms with Crippen LogP contribution in [-0.2, 0) is 0 Å². The largest absolute Gasteiger partial charge is 0.354 e. The molecule has 0 unspecified atom stereocenters. The molecule has 130 valence electrons. The van der Waals surface area contributed by atoms with Crippen molar-refractivity contribution < 1.29 is 4.79 Å². The summed E-state index contributed by atoms with van der Waals surface area (Å²) in [7, 11) is 0. The van der Waals surface area contributed by atoms with Crippen LogP contribution in [0.25, 0.3) is 0 Å². The van der Waals surface area contributed by atoms with Gasteiger partial charge in [0.1, 0.15) is 5.69 Å². The first-order chi connectivity index (χ1) is 12.6. The summed E-state index contributed by atoms with van der Waals surface area (Å²) in [4.78, 5) is 16.6. The average Bonchev–Trinajstić information content (AvgIpc) is 2.65. The molecule has 0 spiro atoms. The van der Waals surface area contributed by atoms with E-state index in [1.165, 1.54) is 6.20 Å². The van der Waals surface area contributed by atoms with E-state index in [0.717, 1.165) is 11.9 Å². The summed E-state index contributed by atoms with van der Waals surface area (Å²) in [6.07, 6.45) is 2.57. The second kappa shape index (κ2) is 7.99. The van der Waals surface area contributed by atoms with Crippen LogP contribution in [0.15, 0.2) is 60.8 Å². The molecular weight excluding hydrogens is 371 g/mol.